The van der Waals surface area contributed by atoms with E-state index in [1.165, 1.54) is 16.8 Å². The molecule has 0 aromatic rings. The average molecular weight is 188 g/mol. The predicted molar refractivity (Wildman–Crippen MR) is 59.7 cm³/mol. The Morgan fingerprint density at radius 2 is 2.14 bits per heavy atom. The second-order valence-electron chi connectivity index (χ2n) is 3.82. The van der Waals surface area contributed by atoms with Crippen LogP contribution in [-0.4, -0.2) is 12.6 Å². The van der Waals surface area contributed by atoms with Crippen molar-refractivity contribution in [2.24, 2.45) is 0 Å². The molecule has 1 atom stereocenters. The number of dihydropyridines is 2. The zero-order chi connectivity index (χ0) is 9.97. The smallest absolute Gasteiger partial charge is 0.0845 e. The third-order valence-electron chi connectivity index (χ3n) is 2.50. The average Bonchev–Trinajstić information content (AvgIpc) is 2.18. The Labute approximate surface area is 85.1 Å². The van der Waals surface area contributed by atoms with Crippen molar-refractivity contribution < 1.29 is 0 Å². The van der Waals surface area contributed by atoms with E-state index >= 15 is 0 Å². The first kappa shape index (κ1) is 9.13. The minimum Gasteiger partial charge on any atom is -0.383 e. The fourth-order valence-electron chi connectivity index (χ4n) is 1.71. The van der Waals surface area contributed by atoms with Crippen molar-refractivity contribution in [2.45, 2.75) is 19.9 Å². The third-order valence-corrected chi connectivity index (χ3v) is 2.50. The van der Waals surface area contributed by atoms with Gasteiger partial charge < -0.3 is 10.6 Å². The van der Waals surface area contributed by atoms with Crippen LogP contribution in [0.2, 0.25) is 0 Å². The van der Waals surface area contributed by atoms with Crippen LogP contribution in [0, 0.1) is 0 Å². The lowest BCUT2D eigenvalue weighted by Gasteiger charge is -2.24. The molecule has 2 heteroatoms. The highest BCUT2D eigenvalue weighted by Gasteiger charge is 2.13. The highest BCUT2D eigenvalue weighted by Crippen LogP contribution is 2.13. The maximum Gasteiger partial charge on any atom is 0.0845 e. The van der Waals surface area contributed by atoms with E-state index in [2.05, 4.69) is 48.8 Å². The molecular weight excluding hydrogens is 172 g/mol. The Kier molecular flexibility index (Phi) is 2.44. The van der Waals surface area contributed by atoms with Crippen molar-refractivity contribution in [1.29, 1.82) is 0 Å². The molecule has 0 amide bonds. The summed E-state index contributed by atoms with van der Waals surface area (Å²) in [5, 5.41) is 6.71. The minimum atomic E-state index is 0.309. The molecule has 0 aromatic carbocycles. The number of nitrogens with one attached hydrogen (secondary N) is 2. The van der Waals surface area contributed by atoms with E-state index in [1.807, 2.05) is 6.20 Å². The Bertz CT molecular complexity index is 345. The summed E-state index contributed by atoms with van der Waals surface area (Å²) >= 11 is 0. The van der Waals surface area contributed by atoms with Crippen molar-refractivity contribution in [3.8, 4) is 0 Å². The van der Waals surface area contributed by atoms with Gasteiger partial charge in [-0.15, -0.1) is 0 Å². The van der Waals surface area contributed by atoms with Gasteiger partial charge in [0.2, 0.25) is 0 Å². The molecule has 2 heterocycles. The van der Waals surface area contributed by atoms with Crippen LogP contribution in [-0.2, 0) is 0 Å². The molecule has 74 valence electrons. The van der Waals surface area contributed by atoms with Crippen LogP contribution in [0.25, 0.3) is 0 Å². The number of hydrogen-bond acceptors (Lipinski definition) is 2. The summed E-state index contributed by atoms with van der Waals surface area (Å²) < 4.78 is 0. The molecule has 0 saturated heterocycles. The van der Waals surface area contributed by atoms with Crippen molar-refractivity contribution >= 4 is 0 Å². The van der Waals surface area contributed by atoms with Crippen LogP contribution < -0.4 is 10.6 Å². The van der Waals surface area contributed by atoms with Gasteiger partial charge in [0.15, 0.2) is 0 Å². The Morgan fingerprint density at radius 3 is 2.86 bits per heavy atom. The van der Waals surface area contributed by atoms with E-state index in [9.17, 15) is 0 Å². The van der Waals surface area contributed by atoms with Gasteiger partial charge in [-0.3, -0.25) is 0 Å². The monoisotopic (exact) mass is 188 g/mol. The number of allylic oxidation sites excluding steroid dienone is 4. The normalized spacial score (nSPS) is 25.6. The molecule has 0 aliphatic carbocycles. The van der Waals surface area contributed by atoms with E-state index in [1.54, 1.807) is 0 Å². The van der Waals surface area contributed by atoms with Crippen LogP contribution in [0.1, 0.15) is 13.8 Å². The van der Waals surface area contributed by atoms with Crippen LogP contribution in [0.3, 0.4) is 0 Å². The summed E-state index contributed by atoms with van der Waals surface area (Å²) in [5.74, 6) is 0. The SMILES string of the molecule is CC1=CCNC(C2C=C(C)C=CN2)=C1. The lowest BCUT2D eigenvalue weighted by molar-refractivity contribution is 0.695. The van der Waals surface area contributed by atoms with E-state index in [4.69, 9.17) is 0 Å². The molecule has 14 heavy (non-hydrogen) atoms. The standard InChI is InChI=1S/C12H16N2/c1-9-3-5-13-11(7-9)12-8-10(2)4-6-14-12/h3-5,7-8,11,13-14H,6H2,1-2H3. The molecule has 0 fully saturated rings. The summed E-state index contributed by atoms with van der Waals surface area (Å²) in [4.78, 5) is 0. The maximum absolute atomic E-state index is 3.38. The summed E-state index contributed by atoms with van der Waals surface area (Å²) in [6.07, 6.45) is 10.7. The topological polar surface area (TPSA) is 24.1 Å². The summed E-state index contributed by atoms with van der Waals surface area (Å²) in [7, 11) is 0. The van der Waals surface area contributed by atoms with E-state index in [0.717, 1.165) is 6.54 Å². The van der Waals surface area contributed by atoms with Gasteiger partial charge in [0.25, 0.3) is 0 Å². The van der Waals surface area contributed by atoms with E-state index in [-0.39, 0.29) is 0 Å². The largest absolute Gasteiger partial charge is 0.383 e. The Balaban J connectivity index is 2.16. The second kappa shape index (κ2) is 3.74. The molecule has 0 bridgehead atoms. The molecule has 0 saturated carbocycles. The summed E-state index contributed by atoms with van der Waals surface area (Å²) in [6, 6.07) is 0.309. The van der Waals surface area contributed by atoms with Crippen molar-refractivity contribution in [3.05, 3.63) is 47.3 Å². The molecule has 2 rings (SSSR count). The van der Waals surface area contributed by atoms with Gasteiger partial charge in [0.1, 0.15) is 0 Å². The van der Waals surface area contributed by atoms with Crippen molar-refractivity contribution in [3.63, 3.8) is 0 Å². The van der Waals surface area contributed by atoms with Crippen molar-refractivity contribution in [1.82, 2.24) is 10.6 Å². The van der Waals surface area contributed by atoms with Crippen LogP contribution in [0.15, 0.2) is 47.3 Å². The van der Waals surface area contributed by atoms with E-state index in [0.29, 0.717) is 6.04 Å². The van der Waals surface area contributed by atoms with Crippen LogP contribution in [0.4, 0.5) is 0 Å². The molecule has 1 unspecified atom stereocenters. The van der Waals surface area contributed by atoms with Gasteiger partial charge in [-0.25, -0.2) is 0 Å². The first-order valence-electron chi connectivity index (χ1n) is 4.99. The molecule has 2 aliphatic heterocycles. The van der Waals surface area contributed by atoms with Crippen molar-refractivity contribution in [2.75, 3.05) is 6.54 Å². The summed E-state index contributed by atoms with van der Waals surface area (Å²) in [6.45, 7) is 5.19. The van der Waals surface area contributed by atoms with E-state index < -0.39 is 0 Å². The number of rotatable bonds is 1. The molecular formula is C12H16N2. The van der Waals surface area contributed by atoms with Crippen LogP contribution >= 0.6 is 0 Å². The van der Waals surface area contributed by atoms with Gasteiger partial charge in [-0.1, -0.05) is 23.3 Å². The first-order chi connectivity index (χ1) is 6.75. The maximum atomic E-state index is 3.38. The summed E-state index contributed by atoms with van der Waals surface area (Å²) in [5.41, 5.74) is 3.90. The lowest BCUT2D eigenvalue weighted by Crippen LogP contribution is -2.35. The quantitative estimate of drug-likeness (QED) is 0.656. The van der Waals surface area contributed by atoms with Crippen LogP contribution in [0.5, 0.6) is 0 Å². The Morgan fingerprint density at radius 1 is 1.29 bits per heavy atom. The lowest BCUT2D eigenvalue weighted by atomic mass is 10.0. The van der Waals surface area contributed by atoms with Gasteiger partial charge >= 0.3 is 0 Å². The molecule has 2 N–H and O–H groups in total. The Hall–Kier alpha value is -1.44. The highest BCUT2D eigenvalue weighted by atomic mass is 15.0. The minimum absolute atomic E-state index is 0.309. The fourth-order valence-corrected chi connectivity index (χ4v) is 1.71. The van der Waals surface area contributed by atoms with Gasteiger partial charge in [0.05, 0.1) is 6.04 Å². The number of hydrogen-bond donors (Lipinski definition) is 2. The molecule has 0 spiro atoms. The predicted octanol–water partition coefficient (Wildman–Crippen LogP) is 1.85. The highest BCUT2D eigenvalue weighted by molar-refractivity contribution is 5.35. The van der Waals surface area contributed by atoms with Gasteiger partial charge in [-0.05, 0) is 32.2 Å². The molecule has 2 aliphatic rings. The molecule has 0 aromatic heterocycles. The first-order valence-corrected chi connectivity index (χ1v) is 4.99. The second-order valence-corrected chi connectivity index (χ2v) is 3.82. The molecule has 2 nitrogen and oxygen atoms in total. The molecule has 0 radical (unpaired) electrons. The van der Waals surface area contributed by atoms with Gasteiger partial charge in [-0.2, -0.15) is 0 Å². The third kappa shape index (κ3) is 1.90. The fraction of sp³-hybridized carbons (Fsp3) is 0.333. The zero-order valence-corrected chi connectivity index (χ0v) is 8.67. The zero-order valence-electron chi connectivity index (χ0n) is 8.67. The van der Waals surface area contributed by atoms with Gasteiger partial charge in [0, 0.05) is 12.2 Å².